The lowest BCUT2D eigenvalue weighted by Gasteiger charge is -2.07. The van der Waals surface area contributed by atoms with Crippen LogP contribution in [-0.4, -0.2) is 79.2 Å². The number of azide groups is 1. The topological polar surface area (TPSA) is 130 Å². The van der Waals surface area contributed by atoms with Gasteiger partial charge in [0.05, 0.1) is 72.7 Å². The van der Waals surface area contributed by atoms with Crippen molar-refractivity contribution in [3.63, 3.8) is 0 Å². The molecule has 22 heavy (non-hydrogen) atoms. The van der Waals surface area contributed by atoms with Gasteiger partial charge in [0.1, 0.15) is 0 Å². The summed E-state index contributed by atoms with van der Waals surface area (Å²) >= 11 is 0. The van der Waals surface area contributed by atoms with Crippen molar-refractivity contribution in [2.75, 3.05) is 79.2 Å². The maximum absolute atomic E-state index is 8.04. The van der Waals surface area contributed by atoms with Crippen molar-refractivity contribution in [1.82, 2.24) is 0 Å². The van der Waals surface area contributed by atoms with Gasteiger partial charge in [0.2, 0.25) is 0 Å². The van der Waals surface area contributed by atoms with Crippen molar-refractivity contribution < 1.29 is 28.5 Å². The summed E-state index contributed by atoms with van der Waals surface area (Å²) in [6.07, 6.45) is 0. The van der Waals surface area contributed by atoms with E-state index in [-0.39, 0.29) is 0 Å². The molecule has 2 N–H and O–H groups in total. The lowest BCUT2D eigenvalue weighted by Crippen LogP contribution is -2.14. The molecule has 10 nitrogen and oxygen atoms in total. The summed E-state index contributed by atoms with van der Waals surface area (Å²) in [6, 6.07) is 0. The normalized spacial score (nSPS) is 10.6. The third-order valence-electron chi connectivity index (χ3n) is 2.23. The highest BCUT2D eigenvalue weighted by atomic mass is 16.6. The predicted octanol–water partition coefficient (Wildman–Crippen LogP) is 0.270. The molecule has 0 unspecified atom stereocenters. The Hall–Kier alpha value is -0.970. The minimum atomic E-state index is 0.339. The van der Waals surface area contributed by atoms with Gasteiger partial charge in [-0.3, -0.25) is 0 Å². The zero-order valence-corrected chi connectivity index (χ0v) is 12.9. The van der Waals surface area contributed by atoms with Crippen LogP contribution in [0.1, 0.15) is 0 Å². The largest absolute Gasteiger partial charge is 0.379 e. The van der Waals surface area contributed by atoms with Crippen LogP contribution in [0.2, 0.25) is 0 Å². The molecular formula is C12H26N4O6. The molecule has 0 saturated carbocycles. The van der Waals surface area contributed by atoms with Gasteiger partial charge < -0.3 is 28.5 Å². The zero-order chi connectivity index (χ0) is 16.1. The van der Waals surface area contributed by atoms with Gasteiger partial charge in [-0.2, -0.15) is 0 Å². The lowest BCUT2D eigenvalue weighted by molar-refractivity contribution is -0.0165. The van der Waals surface area contributed by atoms with E-state index in [0.717, 1.165) is 0 Å². The first kappa shape index (κ1) is 21.0. The number of nitrogens with zero attached hydrogens (tertiary/aromatic N) is 3. The Labute approximate surface area is 130 Å². The highest BCUT2D eigenvalue weighted by molar-refractivity contribution is 4.44. The monoisotopic (exact) mass is 322 g/mol. The van der Waals surface area contributed by atoms with E-state index >= 15 is 0 Å². The molecule has 0 atom stereocenters. The van der Waals surface area contributed by atoms with Crippen LogP contribution < -0.4 is 5.90 Å². The van der Waals surface area contributed by atoms with Crippen LogP contribution in [0.5, 0.6) is 0 Å². The fourth-order valence-electron chi connectivity index (χ4n) is 1.24. The fourth-order valence-corrected chi connectivity index (χ4v) is 1.24. The molecule has 10 heteroatoms. The summed E-state index contributed by atoms with van der Waals surface area (Å²) in [4.78, 5) is 6.97. The van der Waals surface area contributed by atoms with E-state index in [9.17, 15) is 0 Å². The van der Waals surface area contributed by atoms with Crippen molar-refractivity contribution in [3.05, 3.63) is 10.4 Å². The van der Waals surface area contributed by atoms with Gasteiger partial charge in [0, 0.05) is 11.5 Å². The van der Waals surface area contributed by atoms with Gasteiger partial charge in [-0.25, -0.2) is 5.90 Å². The first-order valence-electron chi connectivity index (χ1n) is 7.13. The predicted molar refractivity (Wildman–Crippen MR) is 78.2 cm³/mol. The van der Waals surface area contributed by atoms with E-state index in [0.29, 0.717) is 79.2 Å². The van der Waals surface area contributed by atoms with Gasteiger partial charge in [-0.05, 0) is 5.53 Å². The second-order valence-electron chi connectivity index (χ2n) is 3.89. The molecule has 0 aromatic heterocycles. The van der Waals surface area contributed by atoms with E-state index in [1.165, 1.54) is 0 Å². The van der Waals surface area contributed by atoms with E-state index < -0.39 is 0 Å². The smallest absolute Gasteiger partial charge is 0.0913 e. The molecule has 0 heterocycles. The second kappa shape index (κ2) is 20.0. The maximum Gasteiger partial charge on any atom is 0.0913 e. The highest BCUT2D eigenvalue weighted by Gasteiger charge is 1.93. The Morgan fingerprint density at radius 3 is 1.36 bits per heavy atom. The molecule has 0 amide bonds. The molecule has 0 fully saturated rings. The van der Waals surface area contributed by atoms with Crippen molar-refractivity contribution >= 4 is 0 Å². The quantitative estimate of drug-likeness (QED) is 0.126. The molecule has 0 aliphatic carbocycles. The molecule has 130 valence electrons. The average Bonchev–Trinajstić information content (AvgIpc) is 2.54. The molecular weight excluding hydrogens is 296 g/mol. The summed E-state index contributed by atoms with van der Waals surface area (Å²) in [6.45, 7) is 5.59. The second-order valence-corrected chi connectivity index (χ2v) is 3.89. The Kier molecular flexibility index (Phi) is 19.1. The zero-order valence-electron chi connectivity index (χ0n) is 12.9. The van der Waals surface area contributed by atoms with E-state index in [1.54, 1.807) is 0 Å². The Morgan fingerprint density at radius 2 is 1.00 bits per heavy atom. The molecule has 0 aliphatic heterocycles. The van der Waals surface area contributed by atoms with Crippen molar-refractivity contribution in [3.8, 4) is 0 Å². The minimum absolute atomic E-state index is 0.339. The summed E-state index contributed by atoms with van der Waals surface area (Å²) in [5.74, 6) is 4.84. The van der Waals surface area contributed by atoms with Crippen LogP contribution in [0.3, 0.4) is 0 Å². The minimum Gasteiger partial charge on any atom is -0.379 e. The average molecular weight is 322 g/mol. The molecule has 0 aromatic rings. The number of ether oxygens (including phenoxy) is 5. The van der Waals surface area contributed by atoms with Crippen LogP contribution in [-0.2, 0) is 28.5 Å². The molecule has 0 radical (unpaired) electrons. The Balaban J connectivity index is 2.95. The van der Waals surface area contributed by atoms with Crippen LogP contribution in [0.4, 0.5) is 0 Å². The fraction of sp³-hybridized carbons (Fsp3) is 1.00. The van der Waals surface area contributed by atoms with Crippen molar-refractivity contribution in [1.29, 1.82) is 0 Å². The summed E-state index contributed by atoms with van der Waals surface area (Å²) in [7, 11) is 0. The van der Waals surface area contributed by atoms with Crippen molar-refractivity contribution in [2.24, 2.45) is 11.0 Å². The summed E-state index contributed by atoms with van der Waals surface area (Å²) < 4.78 is 26.2. The van der Waals surface area contributed by atoms with Crippen LogP contribution >= 0.6 is 0 Å². The lowest BCUT2D eigenvalue weighted by atomic mass is 10.6. The van der Waals surface area contributed by atoms with Crippen molar-refractivity contribution in [2.45, 2.75) is 0 Å². The Bertz CT molecular complexity index is 266. The SMILES string of the molecule is [N-]=[N+]=NCCOCCOCCOCCOCCOCCON. The number of hydrogen-bond donors (Lipinski definition) is 1. The summed E-state index contributed by atoms with van der Waals surface area (Å²) in [5, 5.41) is 3.34. The molecule has 0 bridgehead atoms. The van der Waals surface area contributed by atoms with Gasteiger partial charge in [0.15, 0.2) is 0 Å². The first-order chi connectivity index (χ1) is 10.9. The maximum atomic E-state index is 8.04. The number of rotatable bonds is 18. The van der Waals surface area contributed by atoms with Crippen LogP contribution in [0, 0.1) is 0 Å². The number of nitrogens with two attached hydrogens (primary N) is 1. The van der Waals surface area contributed by atoms with Crippen LogP contribution in [0.15, 0.2) is 5.11 Å². The first-order valence-corrected chi connectivity index (χ1v) is 7.13. The van der Waals surface area contributed by atoms with Gasteiger partial charge in [-0.15, -0.1) is 0 Å². The van der Waals surface area contributed by atoms with E-state index in [4.69, 9.17) is 35.1 Å². The van der Waals surface area contributed by atoms with Crippen LogP contribution in [0.25, 0.3) is 10.4 Å². The van der Waals surface area contributed by atoms with Gasteiger partial charge in [0.25, 0.3) is 0 Å². The third kappa shape index (κ3) is 19.0. The summed E-state index contributed by atoms with van der Waals surface area (Å²) in [5.41, 5.74) is 8.04. The molecule has 0 aromatic carbocycles. The molecule has 0 spiro atoms. The van der Waals surface area contributed by atoms with Gasteiger partial charge in [-0.1, -0.05) is 5.11 Å². The van der Waals surface area contributed by atoms with Gasteiger partial charge >= 0.3 is 0 Å². The molecule has 0 saturated heterocycles. The number of hydrogen-bond acceptors (Lipinski definition) is 8. The molecule has 0 aliphatic rings. The van der Waals surface area contributed by atoms with E-state index in [2.05, 4.69) is 14.9 Å². The highest BCUT2D eigenvalue weighted by Crippen LogP contribution is 1.84. The molecule has 0 rings (SSSR count). The standard InChI is InChI=1S/C12H26N4O6/c13-16-15-1-2-17-3-4-18-5-6-19-7-8-20-9-10-21-11-12-22-14/h1-12,14H2. The van der Waals surface area contributed by atoms with E-state index in [1.807, 2.05) is 0 Å². The Morgan fingerprint density at radius 1 is 0.636 bits per heavy atom. The third-order valence-corrected chi connectivity index (χ3v) is 2.23.